The third-order valence-electron chi connectivity index (χ3n) is 5.67. The van der Waals surface area contributed by atoms with Crippen LogP contribution in [0.4, 0.5) is 15.3 Å². The zero-order chi connectivity index (χ0) is 29.9. The van der Waals surface area contributed by atoms with Gasteiger partial charge in [0, 0.05) is 19.2 Å². The summed E-state index contributed by atoms with van der Waals surface area (Å²) in [7, 11) is 2.73. The fraction of sp³-hybridized carbons (Fsp3) is 0.467. The van der Waals surface area contributed by atoms with Crippen LogP contribution in [-0.2, 0) is 41.6 Å². The minimum atomic E-state index is -1.28. The molecule has 2 aromatic rings. The fourth-order valence-electron chi connectivity index (χ4n) is 3.64. The van der Waals surface area contributed by atoms with Crippen molar-refractivity contribution < 1.29 is 38.1 Å². The summed E-state index contributed by atoms with van der Waals surface area (Å²) >= 11 is 0. The summed E-state index contributed by atoms with van der Waals surface area (Å²) in [6, 6.07) is 14.8. The highest BCUT2D eigenvalue weighted by Gasteiger charge is 2.35. The van der Waals surface area contributed by atoms with Gasteiger partial charge in [0.15, 0.2) is 0 Å². The number of carbonyl (C=O) groups is 4. The maximum atomic E-state index is 13.4. The van der Waals surface area contributed by atoms with Crippen molar-refractivity contribution in [3.05, 3.63) is 65.7 Å². The van der Waals surface area contributed by atoms with E-state index in [1.54, 1.807) is 45.0 Å². The Hall–Kier alpha value is -4.08. The van der Waals surface area contributed by atoms with Gasteiger partial charge in [0.05, 0.1) is 7.11 Å². The molecule has 2 aromatic carbocycles. The van der Waals surface area contributed by atoms with E-state index in [9.17, 15) is 19.2 Å². The van der Waals surface area contributed by atoms with Crippen molar-refractivity contribution in [3.63, 3.8) is 0 Å². The van der Waals surface area contributed by atoms with Gasteiger partial charge in [0.2, 0.25) is 6.10 Å². The van der Waals surface area contributed by atoms with Crippen molar-refractivity contribution in [2.45, 2.75) is 71.8 Å². The number of nitrogens with zero attached hydrogens (tertiary/aromatic N) is 1. The van der Waals surface area contributed by atoms with Gasteiger partial charge in [-0.3, -0.25) is 10.2 Å². The summed E-state index contributed by atoms with van der Waals surface area (Å²) < 4.78 is 21.3. The Morgan fingerprint density at radius 3 is 2.08 bits per heavy atom. The second kappa shape index (κ2) is 14.9. The number of ether oxygens (including phenoxy) is 4. The maximum absolute atomic E-state index is 13.4. The quantitative estimate of drug-likeness (QED) is 0.291. The number of amides is 2. The number of likely N-dealkylation sites (N-methyl/N-ethyl adjacent to an activating group) is 1. The predicted molar refractivity (Wildman–Crippen MR) is 150 cm³/mol. The van der Waals surface area contributed by atoms with E-state index in [1.807, 2.05) is 44.2 Å². The summed E-state index contributed by atoms with van der Waals surface area (Å²) in [5.41, 5.74) is 1.18. The largest absolute Gasteiger partial charge is 0.458 e. The molecule has 0 aliphatic carbocycles. The van der Waals surface area contributed by atoms with E-state index in [2.05, 4.69) is 10.1 Å². The lowest BCUT2D eigenvalue weighted by molar-refractivity contribution is -0.171. The molecule has 10 heteroatoms. The van der Waals surface area contributed by atoms with Crippen LogP contribution in [-0.4, -0.2) is 60.9 Å². The second-order valence-electron chi connectivity index (χ2n) is 10.8. The molecule has 10 nitrogen and oxygen atoms in total. The number of nitrogens with one attached hydrogen (secondary N) is 1. The molecule has 2 unspecified atom stereocenters. The van der Waals surface area contributed by atoms with Gasteiger partial charge < -0.3 is 18.9 Å². The molecule has 0 aromatic heterocycles. The molecular weight excluding hydrogens is 516 g/mol. The van der Waals surface area contributed by atoms with Crippen molar-refractivity contribution in [1.29, 1.82) is 0 Å². The Morgan fingerprint density at radius 1 is 0.900 bits per heavy atom. The van der Waals surface area contributed by atoms with E-state index in [1.165, 1.54) is 19.1 Å². The fourth-order valence-corrected chi connectivity index (χ4v) is 3.64. The third kappa shape index (κ3) is 11.0. The summed E-state index contributed by atoms with van der Waals surface area (Å²) in [5, 5.41) is 2.55. The molecule has 2 amide bonds. The van der Waals surface area contributed by atoms with Crippen molar-refractivity contribution in [2.24, 2.45) is 5.92 Å². The minimum absolute atomic E-state index is 0.00292. The molecule has 0 saturated heterocycles. The van der Waals surface area contributed by atoms with Gasteiger partial charge in [-0.25, -0.2) is 19.2 Å². The molecular formula is C30H40N2O8. The van der Waals surface area contributed by atoms with Gasteiger partial charge in [0.1, 0.15) is 18.2 Å². The van der Waals surface area contributed by atoms with Crippen LogP contribution < -0.4 is 5.32 Å². The summed E-state index contributed by atoms with van der Waals surface area (Å²) in [5.74, 6) is -1.43. The molecule has 40 heavy (non-hydrogen) atoms. The monoisotopic (exact) mass is 556 g/mol. The van der Waals surface area contributed by atoms with E-state index in [0.29, 0.717) is 17.7 Å². The number of anilines is 1. The lowest BCUT2D eigenvalue weighted by Crippen LogP contribution is -2.47. The molecule has 2 rings (SSSR count). The number of hydrogen-bond donors (Lipinski definition) is 1. The Bertz CT molecular complexity index is 1130. The molecule has 0 saturated carbocycles. The molecule has 1 N–H and O–H groups in total. The molecule has 2 atom stereocenters. The minimum Gasteiger partial charge on any atom is -0.458 e. The van der Waals surface area contributed by atoms with Crippen molar-refractivity contribution in [1.82, 2.24) is 4.90 Å². The molecule has 0 spiro atoms. The SMILES string of the molecule is COC(=O)Nc1ccc(CC(OC(=O)C(CC(C)C)N(C)C(=O)OC(C)(C)C)C(=O)OCc2ccccc2)cc1. The highest BCUT2D eigenvalue weighted by Crippen LogP contribution is 2.19. The number of rotatable bonds is 11. The predicted octanol–water partition coefficient (Wildman–Crippen LogP) is 5.34. The van der Waals surface area contributed by atoms with Gasteiger partial charge in [-0.05, 0) is 56.4 Å². The zero-order valence-corrected chi connectivity index (χ0v) is 24.3. The van der Waals surface area contributed by atoms with Crippen LogP contribution >= 0.6 is 0 Å². The van der Waals surface area contributed by atoms with Crippen LogP contribution in [0.2, 0.25) is 0 Å². The van der Waals surface area contributed by atoms with Crippen molar-refractivity contribution in [3.8, 4) is 0 Å². The molecule has 0 radical (unpaired) electrons. The Kier molecular flexibility index (Phi) is 12.0. The molecule has 0 heterocycles. The Balaban J connectivity index is 2.26. The number of hydrogen-bond acceptors (Lipinski definition) is 8. The van der Waals surface area contributed by atoms with Gasteiger partial charge in [-0.2, -0.15) is 0 Å². The lowest BCUT2D eigenvalue weighted by Gasteiger charge is -2.31. The summed E-state index contributed by atoms with van der Waals surface area (Å²) in [6.45, 7) is 9.04. The van der Waals surface area contributed by atoms with Gasteiger partial charge in [0.25, 0.3) is 0 Å². The average Bonchev–Trinajstić information content (AvgIpc) is 2.90. The maximum Gasteiger partial charge on any atom is 0.411 e. The van der Waals surface area contributed by atoms with Crippen LogP contribution in [0.15, 0.2) is 54.6 Å². The smallest absolute Gasteiger partial charge is 0.411 e. The molecule has 0 aliphatic rings. The second-order valence-corrected chi connectivity index (χ2v) is 10.8. The Morgan fingerprint density at radius 2 is 1.52 bits per heavy atom. The van der Waals surface area contributed by atoms with E-state index < -0.39 is 41.9 Å². The number of benzene rings is 2. The normalized spacial score (nSPS) is 12.6. The topological polar surface area (TPSA) is 120 Å². The highest BCUT2D eigenvalue weighted by molar-refractivity contribution is 5.85. The first-order chi connectivity index (χ1) is 18.8. The zero-order valence-electron chi connectivity index (χ0n) is 24.3. The molecule has 0 fully saturated rings. The van der Waals surface area contributed by atoms with E-state index in [4.69, 9.17) is 14.2 Å². The molecule has 0 bridgehead atoms. The first kappa shape index (κ1) is 32.1. The van der Waals surface area contributed by atoms with Crippen molar-refractivity contribution >= 4 is 29.8 Å². The first-order valence-corrected chi connectivity index (χ1v) is 13.1. The van der Waals surface area contributed by atoms with Crippen LogP contribution in [0.5, 0.6) is 0 Å². The Labute approximate surface area is 235 Å². The highest BCUT2D eigenvalue weighted by atomic mass is 16.6. The standard InChI is InChI=1S/C30H40N2O8/c1-20(2)17-24(32(6)29(36)40-30(3,4)5)26(33)39-25(27(34)38-19-22-11-9-8-10-12-22)18-21-13-15-23(16-14-21)31-28(35)37-7/h8-16,20,24-25H,17-19H2,1-7H3,(H,31,35). The molecule has 0 aliphatic heterocycles. The van der Waals surface area contributed by atoms with E-state index >= 15 is 0 Å². The number of carbonyl (C=O) groups excluding carboxylic acids is 4. The van der Waals surface area contributed by atoms with Crippen LogP contribution in [0.25, 0.3) is 0 Å². The van der Waals surface area contributed by atoms with Gasteiger partial charge in [-0.15, -0.1) is 0 Å². The van der Waals surface area contributed by atoms with E-state index in [-0.39, 0.29) is 18.9 Å². The van der Waals surface area contributed by atoms with Gasteiger partial charge in [-0.1, -0.05) is 56.3 Å². The summed E-state index contributed by atoms with van der Waals surface area (Å²) in [4.78, 5) is 52.0. The van der Waals surface area contributed by atoms with Gasteiger partial charge >= 0.3 is 24.1 Å². The van der Waals surface area contributed by atoms with Crippen LogP contribution in [0.3, 0.4) is 0 Å². The number of methoxy groups -OCH3 is 1. The van der Waals surface area contributed by atoms with E-state index in [0.717, 1.165) is 5.56 Å². The third-order valence-corrected chi connectivity index (χ3v) is 5.67. The average molecular weight is 557 g/mol. The number of esters is 2. The van der Waals surface area contributed by atoms with Crippen LogP contribution in [0, 0.1) is 5.92 Å². The van der Waals surface area contributed by atoms with Crippen LogP contribution in [0.1, 0.15) is 52.2 Å². The van der Waals surface area contributed by atoms with Crippen molar-refractivity contribution in [2.75, 3.05) is 19.5 Å². The summed E-state index contributed by atoms with van der Waals surface area (Å²) in [6.07, 6.45) is -2.25. The first-order valence-electron chi connectivity index (χ1n) is 13.1. The molecule has 218 valence electrons. The lowest BCUT2D eigenvalue weighted by atomic mass is 10.0.